The normalized spacial score (nSPS) is 17.0. The van der Waals surface area contributed by atoms with Gasteiger partial charge in [0.2, 0.25) is 10.0 Å². The number of benzene rings is 1. The first-order chi connectivity index (χ1) is 10.2. The van der Waals surface area contributed by atoms with E-state index in [9.17, 15) is 13.2 Å². The number of anilines is 1. The summed E-state index contributed by atoms with van der Waals surface area (Å²) in [5, 5.41) is -0.667. The minimum Gasteiger partial charge on any atom is -0.368 e. The molecule has 6 nitrogen and oxygen atoms in total. The number of nitrogens with zero attached hydrogens (tertiary/aromatic N) is 3. The lowest BCUT2D eigenvalue weighted by Crippen LogP contribution is -2.45. The number of carbonyl (C=O) groups excluding carboxylic acids is 1. The molecule has 0 aliphatic carbocycles. The Morgan fingerprint density at radius 3 is 2.27 bits per heavy atom. The van der Waals surface area contributed by atoms with Crippen molar-refractivity contribution in [2.24, 2.45) is 0 Å². The fourth-order valence-electron chi connectivity index (χ4n) is 2.35. The molecule has 0 atom stereocenters. The fourth-order valence-corrected chi connectivity index (χ4v) is 3.60. The monoisotopic (exact) mass is 345 g/mol. The van der Waals surface area contributed by atoms with E-state index in [1.165, 1.54) is 20.2 Å². The molecule has 0 bridgehead atoms. The van der Waals surface area contributed by atoms with Gasteiger partial charge in [-0.15, -0.1) is 0 Å². The summed E-state index contributed by atoms with van der Waals surface area (Å²) < 4.78 is 26.3. The van der Waals surface area contributed by atoms with E-state index in [0.29, 0.717) is 5.69 Å². The minimum absolute atomic E-state index is 0.119. The van der Waals surface area contributed by atoms with Gasteiger partial charge in [-0.25, -0.2) is 12.7 Å². The van der Waals surface area contributed by atoms with Crippen LogP contribution in [0.4, 0.5) is 5.69 Å². The Bertz CT molecular complexity index is 668. The third kappa shape index (κ3) is 3.43. The maximum absolute atomic E-state index is 12.6. The molecule has 0 spiro atoms. The Kier molecular flexibility index (Phi) is 5.11. The fraction of sp³-hybridized carbons (Fsp3) is 0.500. The molecule has 1 aliphatic heterocycles. The smallest absolute Gasteiger partial charge is 0.252 e. The molecule has 1 saturated heterocycles. The highest BCUT2D eigenvalue weighted by atomic mass is 35.5. The van der Waals surface area contributed by atoms with Crippen molar-refractivity contribution in [2.75, 3.05) is 52.2 Å². The number of carbonyl (C=O) groups is 1. The first-order valence-electron chi connectivity index (χ1n) is 6.93. The Hall–Kier alpha value is -1.15. The zero-order valence-corrected chi connectivity index (χ0v) is 14.5. The van der Waals surface area contributed by atoms with Crippen molar-refractivity contribution in [3.63, 3.8) is 0 Å². The van der Waals surface area contributed by atoms with Gasteiger partial charge < -0.3 is 9.80 Å². The third-order valence-corrected chi connectivity index (χ3v) is 5.85. The quantitative estimate of drug-likeness (QED) is 0.764. The highest BCUT2D eigenvalue weighted by Gasteiger charge is 2.26. The molecule has 1 fully saturated rings. The average Bonchev–Trinajstić information content (AvgIpc) is 2.47. The molecule has 1 aromatic rings. The largest absolute Gasteiger partial charge is 0.368 e. The van der Waals surface area contributed by atoms with E-state index in [2.05, 4.69) is 4.90 Å². The zero-order chi connectivity index (χ0) is 16.5. The second-order valence-electron chi connectivity index (χ2n) is 5.53. The molecule has 0 unspecified atom stereocenters. The van der Waals surface area contributed by atoms with Crippen molar-refractivity contribution >= 4 is 32.6 Å². The predicted molar refractivity (Wildman–Crippen MR) is 87.2 cm³/mol. The lowest BCUT2D eigenvalue weighted by atomic mass is 10.2. The van der Waals surface area contributed by atoms with Crippen molar-refractivity contribution in [1.29, 1.82) is 0 Å². The second kappa shape index (κ2) is 6.54. The molecule has 122 valence electrons. The Balaban J connectivity index is 2.51. The van der Waals surface area contributed by atoms with Gasteiger partial charge in [0.1, 0.15) is 4.90 Å². The van der Waals surface area contributed by atoms with Crippen LogP contribution in [-0.4, -0.2) is 70.2 Å². The number of halogens is 1. The molecule has 1 aliphatic rings. The van der Waals surface area contributed by atoms with Crippen molar-refractivity contribution in [2.45, 2.75) is 4.90 Å². The van der Waals surface area contributed by atoms with E-state index in [1.54, 1.807) is 12.1 Å². The average molecular weight is 346 g/mol. The molecule has 0 aromatic heterocycles. The summed E-state index contributed by atoms with van der Waals surface area (Å²) in [6.07, 6.45) is 0. The third-order valence-electron chi connectivity index (χ3n) is 3.79. The molecule has 1 aromatic carbocycles. The zero-order valence-electron chi connectivity index (χ0n) is 12.9. The maximum atomic E-state index is 12.6. The van der Waals surface area contributed by atoms with Crippen LogP contribution in [0.1, 0.15) is 10.4 Å². The van der Waals surface area contributed by atoms with Crippen LogP contribution in [0.2, 0.25) is 0 Å². The van der Waals surface area contributed by atoms with Gasteiger partial charge in [-0.3, -0.25) is 4.79 Å². The van der Waals surface area contributed by atoms with E-state index >= 15 is 0 Å². The predicted octanol–water partition coefficient (Wildman–Crippen LogP) is 1.07. The van der Waals surface area contributed by atoms with Crippen LogP contribution in [0.25, 0.3) is 0 Å². The number of likely N-dealkylation sites (N-methyl/N-ethyl adjacent to an activating group) is 1. The summed E-state index contributed by atoms with van der Waals surface area (Å²) in [5.41, 5.74) is 0.795. The second-order valence-corrected chi connectivity index (χ2v) is 8.00. The summed E-state index contributed by atoms with van der Waals surface area (Å²) >= 11 is 5.49. The molecule has 0 N–H and O–H groups in total. The lowest BCUT2D eigenvalue weighted by Gasteiger charge is -2.35. The van der Waals surface area contributed by atoms with Crippen molar-refractivity contribution in [1.82, 2.24) is 9.21 Å². The van der Waals surface area contributed by atoms with Gasteiger partial charge in [-0.1, -0.05) is 0 Å². The summed E-state index contributed by atoms with van der Waals surface area (Å²) in [7, 11) is 1.31. The SMILES string of the molecule is CN1CCN(c2ccc(C(=O)Cl)cc2S(=O)(=O)N(C)C)CC1. The highest BCUT2D eigenvalue weighted by molar-refractivity contribution is 7.89. The standard InChI is InChI=1S/C14H20ClN3O3S/c1-16(2)22(20,21)13-10-11(14(15)19)4-5-12(13)18-8-6-17(3)7-9-18/h4-5,10H,6-9H2,1-3H3. The number of hydrogen-bond donors (Lipinski definition) is 0. The van der Waals surface area contributed by atoms with E-state index < -0.39 is 15.3 Å². The van der Waals surface area contributed by atoms with Gasteiger partial charge in [-0.2, -0.15) is 0 Å². The van der Waals surface area contributed by atoms with Crippen LogP contribution in [0.15, 0.2) is 23.1 Å². The van der Waals surface area contributed by atoms with Crippen LogP contribution in [0.3, 0.4) is 0 Å². The van der Waals surface area contributed by atoms with Crippen LogP contribution >= 0.6 is 11.6 Å². The van der Waals surface area contributed by atoms with E-state index in [-0.39, 0.29) is 10.5 Å². The molecule has 0 radical (unpaired) electrons. The van der Waals surface area contributed by atoms with E-state index in [0.717, 1.165) is 30.5 Å². The van der Waals surface area contributed by atoms with Gasteiger partial charge in [0.15, 0.2) is 0 Å². The first-order valence-corrected chi connectivity index (χ1v) is 8.75. The van der Waals surface area contributed by atoms with Crippen LogP contribution < -0.4 is 4.90 Å². The van der Waals surface area contributed by atoms with Crippen LogP contribution in [0.5, 0.6) is 0 Å². The van der Waals surface area contributed by atoms with Gasteiger partial charge in [0.05, 0.1) is 5.69 Å². The number of piperazine rings is 1. The maximum Gasteiger partial charge on any atom is 0.252 e. The lowest BCUT2D eigenvalue weighted by molar-refractivity contribution is 0.108. The summed E-state index contributed by atoms with van der Waals surface area (Å²) in [6.45, 7) is 3.19. The van der Waals surface area contributed by atoms with E-state index in [4.69, 9.17) is 11.6 Å². The molecule has 8 heteroatoms. The molecular weight excluding hydrogens is 326 g/mol. The summed E-state index contributed by atoms with van der Waals surface area (Å²) in [6, 6.07) is 4.59. The molecule has 0 amide bonds. The van der Waals surface area contributed by atoms with Gasteiger partial charge >= 0.3 is 0 Å². The van der Waals surface area contributed by atoms with Crippen LogP contribution in [-0.2, 0) is 10.0 Å². The van der Waals surface area contributed by atoms with E-state index in [1.807, 2.05) is 11.9 Å². The highest BCUT2D eigenvalue weighted by Crippen LogP contribution is 2.29. The van der Waals surface area contributed by atoms with Crippen molar-refractivity contribution < 1.29 is 13.2 Å². The van der Waals surface area contributed by atoms with Gasteiger partial charge in [0.25, 0.3) is 5.24 Å². The summed E-state index contributed by atoms with van der Waals surface area (Å²) in [4.78, 5) is 15.7. The Labute approximate surface area is 136 Å². The van der Waals surface area contributed by atoms with Crippen LogP contribution in [0, 0.1) is 0 Å². The summed E-state index contributed by atoms with van der Waals surface area (Å²) in [5.74, 6) is 0. The molecular formula is C14H20ClN3O3S. The number of rotatable bonds is 4. The molecule has 2 rings (SSSR count). The van der Waals surface area contributed by atoms with Gasteiger partial charge in [0, 0.05) is 45.8 Å². The number of hydrogen-bond acceptors (Lipinski definition) is 5. The molecule has 0 saturated carbocycles. The Morgan fingerprint density at radius 2 is 1.77 bits per heavy atom. The molecule has 22 heavy (non-hydrogen) atoms. The minimum atomic E-state index is -3.66. The Morgan fingerprint density at radius 1 is 1.18 bits per heavy atom. The van der Waals surface area contributed by atoms with Gasteiger partial charge in [-0.05, 0) is 36.8 Å². The number of sulfonamides is 1. The first kappa shape index (κ1) is 17.2. The van der Waals surface area contributed by atoms with Crippen molar-refractivity contribution in [3.05, 3.63) is 23.8 Å². The molecule has 1 heterocycles. The topological polar surface area (TPSA) is 60.9 Å². The van der Waals surface area contributed by atoms with Crippen molar-refractivity contribution in [3.8, 4) is 0 Å².